The molecule has 1 unspecified atom stereocenters. The second-order valence-corrected chi connectivity index (χ2v) is 8.74. The zero-order valence-corrected chi connectivity index (χ0v) is 15.8. The first kappa shape index (κ1) is 18.4. The third-order valence-electron chi connectivity index (χ3n) is 6.75. The van der Waals surface area contributed by atoms with Crippen LogP contribution in [-0.2, 0) is 22.3 Å². The number of benzene rings is 1. The van der Waals surface area contributed by atoms with Gasteiger partial charge in [0.25, 0.3) is 0 Å². The maximum Gasteiger partial charge on any atom is 0.0618 e. The third kappa shape index (κ3) is 4.14. The predicted octanol–water partition coefficient (Wildman–Crippen LogP) is 2.94. The molecule has 4 rings (SSSR count). The number of fused-ring (bicyclic) bond motifs is 1. The number of aliphatic hydroxyl groups is 1. The van der Waals surface area contributed by atoms with Gasteiger partial charge in [-0.2, -0.15) is 0 Å². The van der Waals surface area contributed by atoms with Crippen LogP contribution in [0.25, 0.3) is 0 Å². The quantitative estimate of drug-likeness (QED) is 0.848. The van der Waals surface area contributed by atoms with Gasteiger partial charge in [-0.3, -0.25) is 0 Å². The third-order valence-corrected chi connectivity index (χ3v) is 6.75. The number of nitrogens with two attached hydrogens (primary N) is 1. The Labute approximate surface area is 157 Å². The van der Waals surface area contributed by atoms with Crippen LogP contribution < -0.4 is 5.73 Å². The molecule has 0 aromatic heterocycles. The molecule has 1 saturated carbocycles. The summed E-state index contributed by atoms with van der Waals surface area (Å²) in [4.78, 5) is 0. The van der Waals surface area contributed by atoms with Gasteiger partial charge in [-0.15, -0.1) is 0 Å². The zero-order chi connectivity index (χ0) is 18.0. The topological polar surface area (TPSA) is 64.7 Å². The highest BCUT2D eigenvalue weighted by atomic mass is 16.5. The fourth-order valence-corrected chi connectivity index (χ4v) is 4.91. The average Bonchev–Trinajstić information content (AvgIpc) is 3.09. The van der Waals surface area contributed by atoms with Crippen molar-refractivity contribution in [2.75, 3.05) is 26.4 Å². The van der Waals surface area contributed by atoms with Crippen LogP contribution in [0.1, 0.15) is 61.1 Å². The van der Waals surface area contributed by atoms with E-state index in [-0.39, 0.29) is 12.1 Å². The highest BCUT2D eigenvalue weighted by Crippen LogP contribution is 2.40. The average molecular weight is 360 g/mol. The SMILES string of the molecule is N[C@]1(CO)CC[C@H](c2ccc3c(c2)CCC(OCC2CCOCC2)C3)C1. The zero-order valence-electron chi connectivity index (χ0n) is 15.8. The van der Waals surface area contributed by atoms with Crippen molar-refractivity contribution in [3.05, 3.63) is 34.9 Å². The van der Waals surface area contributed by atoms with Gasteiger partial charge in [0.2, 0.25) is 0 Å². The molecule has 0 amide bonds. The summed E-state index contributed by atoms with van der Waals surface area (Å²) in [7, 11) is 0. The van der Waals surface area contributed by atoms with Crippen molar-refractivity contribution >= 4 is 0 Å². The van der Waals surface area contributed by atoms with E-state index in [1.54, 1.807) is 0 Å². The maximum absolute atomic E-state index is 9.51. The monoisotopic (exact) mass is 359 g/mol. The van der Waals surface area contributed by atoms with Gasteiger partial charge in [-0.25, -0.2) is 0 Å². The minimum Gasteiger partial charge on any atom is -0.394 e. The molecule has 2 aliphatic carbocycles. The van der Waals surface area contributed by atoms with Crippen LogP contribution in [-0.4, -0.2) is 43.2 Å². The van der Waals surface area contributed by atoms with Crippen LogP contribution in [0.3, 0.4) is 0 Å². The van der Waals surface area contributed by atoms with Gasteiger partial charge >= 0.3 is 0 Å². The Bertz CT molecular complexity index is 613. The van der Waals surface area contributed by atoms with Crippen LogP contribution in [0.15, 0.2) is 18.2 Å². The van der Waals surface area contributed by atoms with Gasteiger partial charge < -0.3 is 20.3 Å². The van der Waals surface area contributed by atoms with Crippen molar-refractivity contribution in [2.45, 2.75) is 68.9 Å². The molecule has 3 atom stereocenters. The Morgan fingerprint density at radius 2 is 2.00 bits per heavy atom. The Kier molecular flexibility index (Phi) is 5.65. The van der Waals surface area contributed by atoms with Gasteiger partial charge in [0.15, 0.2) is 0 Å². The summed E-state index contributed by atoms with van der Waals surface area (Å²) in [5.74, 6) is 1.18. The summed E-state index contributed by atoms with van der Waals surface area (Å²) in [5.41, 5.74) is 10.2. The Balaban J connectivity index is 1.34. The second-order valence-electron chi connectivity index (χ2n) is 8.74. The Hall–Kier alpha value is -0.940. The number of hydrogen-bond acceptors (Lipinski definition) is 4. The van der Waals surface area contributed by atoms with E-state index in [2.05, 4.69) is 18.2 Å². The first-order valence-corrected chi connectivity index (χ1v) is 10.4. The van der Waals surface area contributed by atoms with E-state index in [4.69, 9.17) is 15.2 Å². The number of hydrogen-bond donors (Lipinski definition) is 2. The molecule has 1 aromatic carbocycles. The fourth-order valence-electron chi connectivity index (χ4n) is 4.91. The molecule has 144 valence electrons. The minimum absolute atomic E-state index is 0.0978. The van der Waals surface area contributed by atoms with Crippen molar-refractivity contribution in [1.82, 2.24) is 0 Å². The normalized spacial score (nSPS) is 32.5. The van der Waals surface area contributed by atoms with Crippen molar-refractivity contribution in [3.63, 3.8) is 0 Å². The number of aryl methyl sites for hydroxylation is 1. The molecular formula is C22H33NO3. The summed E-state index contributed by atoms with van der Waals surface area (Å²) in [6.45, 7) is 2.78. The molecule has 1 aliphatic heterocycles. The highest BCUT2D eigenvalue weighted by molar-refractivity contribution is 5.36. The maximum atomic E-state index is 9.51. The first-order valence-electron chi connectivity index (χ1n) is 10.4. The molecule has 4 nitrogen and oxygen atoms in total. The molecule has 1 saturated heterocycles. The van der Waals surface area contributed by atoms with E-state index in [0.29, 0.717) is 17.9 Å². The van der Waals surface area contributed by atoms with E-state index < -0.39 is 0 Å². The van der Waals surface area contributed by atoms with E-state index in [0.717, 1.165) is 71.2 Å². The highest BCUT2D eigenvalue weighted by Gasteiger charge is 2.36. The Morgan fingerprint density at radius 3 is 2.77 bits per heavy atom. The van der Waals surface area contributed by atoms with Crippen molar-refractivity contribution < 1.29 is 14.6 Å². The molecule has 0 bridgehead atoms. The van der Waals surface area contributed by atoms with Gasteiger partial charge in [0.05, 0.1) is 12.7 Å². The van der Waals surface area contributed by atoms with Gasteiger partial charge in [0.1, 0.15) is 0 Å². The lowest BCUT2D eigenvalue weighted by molar-refractivity contribution is -0.0149. The van der Waals surface area contributed by atoms with Crippen molar-refractivity contribution in [2.24, 2.45) is 11.7 Å². The lowest BCUT2D eigenvalue weighted by atomic mass is 9.85. The van der Waals surface area contributed by atoms with E-state index >= 15 is 0 Å². The second kappa shape index (κ2) is 7.97. The van der Waals surface area contributed by atoms with Crippen LogP contribution in [0, 0.1) is 5.92 Å². The van der Waals surface area contributed by atoms with Crippen LogP contribution in [0.2, 0.25) is 0 Å². The van der Waals surface area contributed by atoms with E-state index in [1.165, 1.54) is 16.7 Å². The van der Waals surface area contributed by atoms with Gasteiger partial charge in [-0.05, 0) is 79.9 Å². The first-order chi connectivity index (χ1) is 12.6. The summed E-state index contributed by atoms with van der Waals surface area (Å²) < 4.78 is 11.7. The summed E-state index contributed by atoms with van der Waals surface area (Å²) in [6, 6.07) is 7.00. The standard InChI is InChI=1S/C22H33NO3/c23-22(15-24)8-5-20(13-22)18-1-2-19-12-21(4-3-17(19)11-18)26-14-16-6-9-25-10-7-16/h1-2,11,16,20-21,24H,3-10,12-15,23H2/t20-,21?,22+/m0/s1. The number of aliphatic hydroxyl groups excluding tert-OH is 1. The molecule has 0 spiro atoms. The predicted molar refractivity (Wildman–Crippen MR) is 102 cm³/mol. The fraction of sp³-hybridized carbons (Fsp3) is 0.727. The molecule has 0 radical (unpaired) electrons. The van der Waals surface area contributed by atoms with E-state index in [1.807, 2.05) is 0 Å². The lowest BCUT2D eigenvalue weighted by Gasteiger charge is -2.29. The molecule has 1 heterocycles. The minimum atomic E-state index is -0.371. The molecule has 3 N–H and O–H groups in total. The van der Waals surface area contributed by atoms with Crippen molar-refractivity contribution in [1.29, 1.82) is 0 Å². The molecule has 2 fully saturated rings. The molecule has 26 heavy (non-hydrogen) atoms. The molecule has 3 aliphatic rings. The molecular weight excluding hydrogens is 326 g/mol. The number of rotatable bonds is 5. The summed E-state index contributed by atoms with van der Waals surface area (Å²) in [6.07, 6.45) is 8.85. The van der Waals surface area contributed by atoms with Gasteiger partial charge in [-0.1, -0.05) is 18.2 Å². The molecule has 4 heteroatoms. The van der Waals surface area contributed by atoms with Crippen LogP contribution in [0.5, 0.6) is 0 Å². The number of ether oxygens (including phenoxy) is 2. The van der Waals surface area contributed by atoms with Gasteiger partial charge in [0, 0.05) is 25.4 Å². The van der Waals surface area contributed by atoms with E-state index in [9.17, 15) is 5.11 Å². The van der Waals surface area contributed by atoms with Crippen LogP contribution >= 0.6 is 0 Å². The van der Waals surface area contributed by atoms with Crippen molar-refractivity contribution in [3.8, 4) is 0 Å². The molecule has 1 aromatic rings. The Morgan fingerprint density at radius 1 is 1.15 bits per heavy atom. The largest absolute Gasteiger partial charge is 0.394 e. The van der Waals surface area contributed by atoms with Crippen LogP contribution in [0.4, 0.5) is 0 Å². The lowest BCUT2D eigenvalue weighted by Crippen LogP contribution is -2.40. The summed E-state index contributed by atoms with van der Waals surface area (Å²) in [5, 5.41) is 9.51. The smallest absolute Gasteiger partial charge is 0.0618 e. The summed E-state index contributed by atoms with van der Waals surface area (Å²) >= 11 is 0.